The van der Waals surface area contributed by atoms with Crippen LogP contribution in [0.5, 0.6) is 0 Å². The Hall–Kier alpha value is -1.88. The van der Waals surface area contributed by atoms with E-state index in [0.29, 0.717) is 25.8 Å². The van der Waals surface area contributed by atoms with Crippen LogP contribution in [-0.4, -0.2) is 30.4 Å². The Morgan fingerprint density at radius 3 is 2.79 bits per heavy atom. The standard InChI is InChI=1S/C14H19N3O2/c15-12(8-10-4-2-1-3-5-10)14(19)17-11-6-7-13(18)16-9-11/h1-5,11-12H,6-9,15H2,(H,16,18)(H,17,19). The molecule has 4 N–H and O–H groups in total. The van der Waals surface area contributed by atoms with Crippen LogP contribution in [0.3, 0.4) is 0 Å². The molecule has 1 aromatic rings. The highest BCUT2D eigenvalue weighted by molar-refractivity contribution is 5.82. The van der Waals surface area contributed by atoms with E-state index in [0.717, 1.165) is 5.56 Å². The first-order valence-corrected chi connectivity index (χ1v) is 6.52. The number of hydrogen-bond donors (Lipinski definition) is 3. The second kappa shape index (κ2) is 6.33. The van der Waals surface area contributed by atoms with Crippen LogP contribution in [0.25, 0.3) is 0 Å². The molecule has 0 bridgehead atoms. The molecule has 0 aliphatic carbocycles. The summed E-state index contributed by atoms with van der Waals surface area (Å²) >= 11 is 0. The van der Waals surface area contributed by atoms with E-state index in [1.807, 2.05) is 30.3 Å². The zero-order valence-corrected chi connectivity index (χ0v) is 10.8. The fourth-order valence-corrected chi connectivity index (χ4v) is 2.12. The van der Waals surface area contributed by atoms with Gasteiger partial charge < -0.3 is 16.4 Å². The number of nitrogens with two attached hydrogens (primary N) is 1. The van der Waals surface area contributed by atoms with Crippen molar-refractivity contribution < 1.29 is 9.59 Å². The Kier molecular flexibility index (Phi) is 4.52. The lowest BCUT2D eigenvalue weighted by Crippen LogP contribution is -2.52. The third-order valence-corrected chi connectivity index (χ3v) is 3.25. The molecule has 2 amide bonds. The molecule has 5 nitrogen and oxygen atoms in total. The number of amides is 2. The third-order valence-electron chi connectivity index (χ3n) is 3.25. The first-order chi connectivity index (χ1) is 9.15. The van der Waals surface area contributed by atoms with Crippen molar-refractivity contribution in [1.29, 1.82) is 0 Å². The molecule has 1 aliphatic rings. The maximum Gasteiger partial charge on any atom is 0.237 e. The third kappa shape index (κ3) is 4.06. The van der Waals surface area contributed by atoms with E-state index in [9.17, 15) is 9.59 Å². The van der Waals surface area contributed by atoms with Gasteiger partial charge in [-0.05, 0) is 18.4 Å². The summed E-state index contributed by atoms with van der Waals surface area (Å²) in [6.07, 6.45) is 1.65. The van der Waals surface area contributed by atoms with Crippen LogP contribution in [0.1, 0.15) is 18.4 Å². The molecule has 0 saturated carbocycles. The lowest BCUT2D eigenvalue weighted by atomic mass is 10.0. The molecule has 19 heavy (non-hydrogen) atoms. The summed E-state index contributed by atoms with van der Waals surface area (Å²) in [5.74, 6) is -0.121. The SMILES string of the molecule is NC(Cc1ccccc1)C(=O)NC1CCC(=O)NC1. The summed E-state index contributed by atoms with van der Waals surface area (Å²) in [6, 6.07) is 9.13. The van der Waals surface area contributed by atoms with Gasteiger partial charge in [-0.3, -0.25) is 9.59 Å². The van der Waals surface area contributed by atoms with Gasteiger partial charge in [-0.1, -0.05) is 30.3 Å². The van der Waals surface area contributed by atoms with Gasteiger partial charge in [-0.25, -0.2) is 0 Å². The quantitative estimate of drug-likeness (QED) is 0.710. The number of rotatable bonds is 4. The Morgan fingerprint density at radius 1 is 1.42 bits per heavy atom. The average molecular weight is 261 g/mol. The fraction of sp³-hybridized carbons (Fsp3) is 0.429. The predicted molar refractivity (Wildman–Crippen MR) is 72.3 cm³/mol. The van der Waals surface area contributed by atoms with Crippen molar-refractivity contribution in [3.05, 3.63) is 35.9 Å². The molecule has 0 radical (unpaired) electrons. The van der Waals surface area contributed by atoms with Crippen LogP contribution >= 0.6 is 0 Å². The predicted octanol–water partition coefficient (Wildman–Crippen LogP) is -0.0488. The number of carbonyl (C=O) groups is 2. The number of hydrogen-bond acceptors (Lipinski definition) is 3. The van der Waals surface area contributed by atoms with Crippen molar-refractivity contribution in [3.8, 4) is 0 Å². The van der Waals surface area contributed by atoms with Crippen molar-refractivity contribution in [1.82, 2.24) is 10.6 Å². The minimum atomic E-state index is -0.556. The van der Waals surface area contributed by atoms with Crippen molar-refractivity contribution in [3.63, 3.8) is 0 Å². The molecule has 2 atom stereocenters. The van der Waals surface area contributed by atoms with E-state index < -0.39 is 6.04 Å². The monoisotopic (exact) mass is 261 g/mol. The van der Waals surface area contributed by atoms with Crippen LogP contribution in [0.2, 0.25) is 0 Å². The molecule has 1 fully saturated rings. The van der Waals surface area contributed by atoms with E-state index in [-0.39, 0.29) is 17.9 Å². The van der Waals surface area contributed by atoms with Gasteiger partial charge in [-0.15, -0.1) is 0 Å². The first-order valence-electron chi connectivity index (χ1n) is 6.52. The smallest absolute Gasteiger partial charge is 0.237 e. The molecular formula is C14H19N3O2. The number of benzene rings is 1. The summed E-state index contributed by atoms with van der Waals surface area (Å²) < 4.78 is 0. The Balaban J connectivity index is 1.81. The Labute approximate surface area is 112 Å². The van der Waals surface area contributed by atoms with Crippen LogP contribution in [-0.2, 0) is 16.0 Å². The fourth-order valence-electron chi connectivity index (χ4n) is 2.12. The molecule has 102 valence electrons. The van der Waals surface area contributed by atoms with Gasteiger partial charge in [-0.2, -0.15) is 0 Å². The van der Waals surface area contributed by atoms with Gasteiger partial charge in [0.15, 0.2) is 0 Å². The lowest BCUT2D eigenvalue weighted by molar-refractivity contribution is -0.126. The van der Waals surface area contributed by atoms with Crippen molar-refractivity contribution in [2.45, 2.75) is 31.3 Å². The summed E-state index contributed by atoms with van der Waals surface area (Å²) in [4.78, 5) is 23.0. The molecule has 1 saturated heterocycles. The topological polar surface area (TPSA) is 84.2 Å². The molecule has 1 heterocycles. The lowest BCUT2D eigenvalue weighted by Gasteiger charge is -2.24. The van der Waals surface area contributed by atoms with Crippen LogP contribution in [0.4, 0.5) is 0 Å². The van der Waals surface area contributed by atoms with E-state index >= 15 is 0 Å². The normalized spacial score (nSPS) is 20.5. The van der Waals surface area contributed by atoms with Crippen molar-refractivity contribution >= 4 is 11.8 Å². The summed E-state index contributed by atoms with van der Waals surface area (Å²) in [6.45, 7) is 0.489. The largest absolute Gasteiger partial charge is 0.354 e. The van der Waals surface area contributed by atoms with E-state index in [2.05, 4.69) is 10.6 Å². The van der Waals surface area contributed by atoms with Gasteiger partial charge >= 0.3 is 0 Å². The van der Waals surface area contributed by atoms with Crippen molar-refractivity contribution in [2.24, 2.45) is 5.73 Å². The van der Waals surface area contributed by atoms with Crippen LogP contribution in [0, 0.1) is 0 Å². The van der Waals surface area contributed by atoms with Gasteiger partial charge in [0.1, 0.15) is 0 Å². The number of nitrogens with one attached hydrogen (secondary N) is 2. The number of piperidine rings is 1. The zero-order valence-electron chi connectivity index (χ0n) is 10.8. The minimum Gasteiger partial charge on any atom is -0.354 e. The second-order valence-electron chi connectivity index (χ2n) is 4.84. The van der Waals surface area contributed by atoms with Crippen molar-refractivity contribution in [2.75, 3.05) is 6.54 Å². The zero-order chi connectivity index (χ0) is 13.7. The highest BCUT2D eigenvalue weighted by Crippen LogP contribution is 2.05. The highest BCUT2D eigenvalue weighted by Gasteiger charge is 2.22. The molecule has 2 rings (SSSR count). The number of carbonyl (C=O) groups excluding carboxylic acids is 2. The second-order valence-corrected chi connectivity index (χ2v) is 4.84. The Morgan fingerprint density at radius 2 is 2.16 bits per heavy atom. The van der Waals surface area contributed by atoms with Gasteiger partial charge in [0.25, 0.3) is 0 Å². The highest BCUT2D eigenvalue weighted by atomic mass is 16.2. The van der Waals surface area contributed by atoms with Gasteiger partial charge in [0, 0.05) is 19.0 Å². The summed E-state index contributed by atoms with van der Waals surface area (Å²) in [7, 11) is 0. The molecule has 5 heteroatoms. The molecule has 0 aromatic heterocycles. The van der Waals surface area contributed by atoms with E-state index in [4.69, 9.17) is 5.73 Å². The molecule has 1 aliphatic heterocycles. The van der Waals surface area contributed by atoms with Crippen LogP contribution in [0.15, 0.2) is 30.3 Å². The maximum absolute atomic E-state index is 11.9. The molecular weight excluding hydrogens is 242 g/mol. The van der Waals surface area contributed by atoms with E-state index in [1.165, 1.54) is 0 Å². The van der Waals surface area contributed by atoms with Gasteiger partial charge in [0.2, 0.25) is 11.8 Å². The molecule has 0 spiro atoms. The summed E-state index contributed by atoms with van der Waals surface area (Å²) in [5, 5.41) is 5.61. The molecule has 1 aromatic carbocycles. The van der Waals surface area contributed by atoms with E-state index in [1.54, 1.807) is 0 Å². The maximum atomic E-state index is 11.9. The van der Waals surface area contributed by atoms with Gasteiger partial charge in [0.05, 0.1) is 6.04 Å². The van der Waals surface area contributed by atoms with Crippen LogP contribution < -0.4 is 16.4 Å². The summed E-state index contributed by atoms with van der Waals surface area (Å²) in [5.41, 5.74) is 6.94. The Bertz CT molecular complexity index is 437. The average Bonchev–Trinajstić information content (AvgIpc) is 2.42. The minimum absolute atomic E-state index is 0.00739. The first kappa shape index (κ1) is 13.5. The molecule has 2 unspecified atom stereocenters.